The summed E-state index contributed by atoms with van der Waals surface area (Å²) in [7, 11) is -3.59. The number of carbonyl (C=O) groups excluding carboxylic acids is 1. The van der Waals surface area contributed by atoms with Crippen LogP contribution >= 0.6 is 34.8 Å². The van der Waals surface area contributed by atoms with Crippen LogP contribution in [0, 0.1) is 5.92 Å². The van der Waals surface area contributed by atoms with Crippen LogP contribution in [0.5, 0.6) is 5.75 Å². The second-order valence-corrected chi connectivity index (χ2v) is 10.5. The van der Waals surface area contributed by atoms with Crippen LogP contribution < -0.4 is 10.1 Å². The lowest BCUT2D eigenvalue weighted by Gasteiger charge is -2.31. The number of carbonyl (C=O) groups is 1. The van der Waals surface area contributed by atoms with Gasteiger partial charge in [0.1, 0.15) is 12.4 Å². The maximum absolute atomic E-state index is 12.9. The van der Waals surface area contributed by atoms with E-state index in [-0.39, 0.29) is 24.8 Å². The van der Waals surface area contributed by atoms with Crippen LogP contribution in [0.1, 0.15) is 18.4 Å². The molecule has 3 rings (SSSR count). The van der Waals surface area contributed by atoms with Crippen molar-refractivity contribution in [2.45, 2.75) is 18.6 Å². The lowest BCUT2D eigenvalue weighted by Crippen LogP contribution is -2.46. The minimum absolute atomic E-state index is 0.154. The Kier molecular flexibility index (Phi) is 8.47. The third-order valence-electron chi connectivity index (χ3n) is 4.98. The predicted octanol–water partition coefficient (Wildman–Crippen LogP) is 4.38. The van der Waals surface area contributed by atoms with E-state index in [0.29, 0.717) is 52.3 Å². The normalized spacial score (nSPS) is 17.3. The highest BCUT2D eigenvalue weighted by Crippen LogP contribution is 2.26. The van der Waals surface area contributed by atoms with Gasteiger partial charge in [0.2, 0.25) is 15.9 Å². The lowest BCUT2D eigenvalue weighted by atomic mass is 9.99. The Hall–Kier alpha value is -1.51. The third-order valence-corrected chi connectivity index (χ3v) is 7.84. The maximum Gasteiger partial charge on any atom is 0.224 e. The van der Waals surface area contributed by atoms with Crippen molar-refractivity contribution < 1.29 is 17.9 Å². The van der Waals surface area contributed by atoms with Crippen LogP contribution in [-0.2, 0) is 20.6 Å². The average Bonchev–Trinajstić information content (AvgIpc) is 2.75. The van der Waals surface area contributed by atoms with Crippen molar-refractivity contribution in [2.24, 2.45) is 5.92 Å². The fourth-order valence-corrected chi connectivity index (χ4v) is 5.49. The number of amides is 1. The topological polar surface area (TPSA) is 75.7 Å². The summed E-state index contributed by atoms with van der Waals surface area (Å²) >= 11 is 17.9. The molecule has 0 saturated carbocycles. The number of nitrogens with zero attached hydrogens (tertiary/aromatic N) is 1. The Morgan fingerprint density at radius 3 is 2.61 bits per heavy atom. The molecule has 0 unspecified atom stereocenters. The number of halogens is 3. The van der Waals surface area contributed by atoms with E-state index >= 15 is 0 Å². The summed E-state index contributed by atoms with van der Waals surface area (Å²) in [6.07, 6.45) is 1.25. The van der Waals surface area contributed by atoms with Crippen LogP contribution in [0.3, 0.4) is 0 Å². The lowest BCUT2D eigenvalue weighted by molar-refractivity contribution is -0.126. The van der Waals surface area contributed by atoms with Crippen LogP contribution in [0.4, 0.5) is 0 Å². The van der Waals surface area contributed by atoms with E-state index in [0.717, 1.165) is 0 Å². The number of ether oxygens (including phenoxy) is 1. The predicted molar refractivity (Wildman–Crippen MR) is 123 cm³/mol. The number of rotatable bonds is 8. The maximum atomic E-state index is 12.9. The Morgan fingerprint density at radius 1 is 1.10 bits per heavy atom. The van der Waals surface area contributed by atoms with Crippen LogP contribution in [0.15, 0.2) is 42.5 Å². The van der Waals surface area contributed by atoms with Crippen LogP contribution in [-0.4, -0.2) is 44.9 Å². The first-order chi connectivity index (χ1) is 14.8. The zero-order valence-corrected chi connectivity index (χ0v) is 19.8. The van der Waals surface area contributed by atoms with Gasteiger partial charge in [-0.15, -0.1) is 0 Å². The molecule has 0 aliphatic carbocycles. The second kappa shape index (κ2) is 10.9. The molecule has 168 valence electrons. The Balaban J connectivity index is 1.51. The highest BCUT2D eigenvalue weighted by atomic mass is 35.5. The standard InChI is InChI=1S/C21H23Cl3N2O4S/c22-17-8-7-15(12-19(17)24)14-31(28,29)26-10-3-4-16(13-26)21(27)25-9-11-30-20-6-2-1-5-18(20)23/h1-2,5-8,12,16H,3-4,9-11,13-14H2,(H,25,27)/t16-/m1/s1. The van der Waals surface area contributed by atoms with E-state index in [9.17, 15) is 13.2 Å². The molecule has 1 N–H and O–H groups in total. The van der Waals surface area contributed by atoms with Gasteiger partial charge in [0, 0.05) is 13.1 Å². The molecule has 0 spiro atoms. The summed E-state index contributed by atoms with van der Waals surface area (Å²) in [5, 5.41) is 4.00. The SMILES string of the molecule is O=C(NCCOc1ccccc1Cl)[C@@H]1CCCN(S(=O)(=O)Cc2ccc(Cl)c(Cl)c2)C1. The van der Waals surface area contributed by atoms with Gasteiger partial charge < -0.3 is 10.1 Å². The van der Waals surface area contributed by atoms with Crippen molar-refractivity contribution in [1.82, 2.24) is 9.62 Å². The van der Waals surface area contributed by atoms with Crippen molar-refractivity contribution in [2.75, 3.05) is 26.2 Å². The van der Waals surface area contributed by atoms with Gasteiger partial charge >= 0.3 is 0 Å². The molecule has 0 bridgehead atoms. The summed E-state index contributed by atoms with van der Waals surface area (Å²) < 4.78 is 32.6. The molecule has 2 aromatic carbocycles. The van der Waals surface area contributed by atoms with Gasteiger partial charge in [0.25, 0.3) is 0 Å². The largest absolute Gasteiger partial charge is 0.490 e. The fourth-order valence-electron chi connectivity index (χ4n) is 3.38. The molecular formula is C21H23Cl3N2O4S. The minimum atomic E-state index is -3.59. The number of hydrogen-bond donors (Lipinski definition) is 1. The summed E-state index contributed by atoms with van der Waals surface area (Å²) in [6.45, 7) is 1.11. The van der Waals surface area contributed by atoms with E-state index in [2.05, 4.69) is 5.32 Å². The summed E-state index contributed by atoms with van der Waals surface area (Å²) in [4.78, 5) is 12.5. The van der Waals surface area contributed by atoms with E-state index < -0.39 is 15.9 Å². The Bertz CT molecular complexity index is 1030. The van der Waals surface area contributed by atoms with Gasteiger partial charge in [0.15, 0.2) is 0 Å². The molecule has 31 heavy (non-hydrogen) atoms. The Morgan fingerprint density at radius 2 is 1.87 bits per heavy atom. The number of para-hydroxylation sites is 1. The first-order valence-electron chi connectivity index (χ1n) is 9.83. The summed E-state index contributed by atoms with van der Waals surface area (Å²) in [5.41, 5.74) is 0.553. The number of sulfonamides is 1. The van der Waals surface area contributed by atoms with E-state index in [4.69, 9.17) is 39.5 Å². The third kappa shape index (κ3) is 6.73. The average molecular weight is 506 g/mol. The van der Waals surface area contributed by atoms with Gasteiger partial charge in [-0.05, 0) is 42.7 Å². The van der Waals surface area contributed by atoms with E-state index in [1.54, 1.807) is 36.4 Å². The molecule has 0 aromatic heterocycles. The molecule has 1 atom stereocenters. The van der Waals surface area contributed by atoms with Gasteiger partial charge in [-0.25, -0.2) is 12.7 Å². The van der Waals surface area contributed by atoms with Crippen molar-refractivity contribution >= 4 is 50.7 Å². The molecule has 1 saturated heterocycles. The first-order valence-corrected chi connectivity index (χ1v) is 12.6. The molecule has 1 aliphatic heterocycles. The van der Waals surface area contributed by atoms with Gasteiger partial charge in [-0.3, -0.25) is 4.79 Å². The zero-order valence-electron chi connectivity index (χ0n) is 16.7. The minimum Gasteiger partial charge on any atom is -0.490 e. The number of hydrogen-bond acceptors (Lipinski definition) is 4. The molecule has 10 heteroatoms. The second-order valence-electron chi connectivity index (χ2n) is 7.27. The Labute approximate surface area is 197 Å². The van der Waals surface area contributed by atoms with Gasteiger partial charge in [-0.2, -0.15) is 0 Å². The van der Waals surface area contributed by atoms with E-state index in [1.165, 1.54) is 4.31 Å². The molecular weight excluding hydrogens is 483 g/mol. The van der Waals surface area contributed by atoms with Crippen LogP contribution in [0.25, 0.3) is 0 Å². The zero-order chi connectivity index (χ0) is 22.4. The highest BCUT2D eigenvalue weighted by molar-refractivity contribution is 7.88. The molecule has 1 heterocycles. The quantitative estimate of drug-likeness (QED) is 0.540. The van der Waals surface area contributed by atoms with Crippen molar-refractivity contribution in [3.8, 4) is 5.75 Å². The van der Waals surface area contributed by atoms with Gasteiger partial charge in [-0.1, -0.05) is 53.0 Å². The molecule has 6 nitrogen and oxygen atoms in total. The summed E-state index contributed by atoms with van der Waals surface area (Å²) in [6, 6.07) is 11.9. The van der Waals surface area contributed by atoms with E-state index in [1.807, 2.05) is 6.07 Å². The van der Waals surface area contributed by atoms with Crippen molar-refractivity contribution in [3.05, 3.63) is 63.1 Å². The smallest absolute Gasteiger partial charge is 0.224 e. The molecule has 1 fully saturated rings. The molecule has 2 aromatic rings. The number of nitrogens with one attached hydrogen (secondary N) is 1. The van der Waals surface area contributed by atoms with Crippen LogP contribution in [0.2, 0.25) is 15.1 Å². The monoisotopic (exact) mass is 504 g/mol. The summed E-state index contributed by atoms with van der Waals surface area (Å²) in [5.74, 6) is -0.227. The molecule has 1 amide bonds. The molecule has 1 aliphatic rings. The fraction of sp³-hybridized carbons (Fsp3) is 0.381. The van der Waals surface area contributed by atoms with Crippen molar-refractivity contribution in [3.63, 3.8) is 0 Å². The van der Waals surface area contributed by atoms with Gasteiger partial charge in [0.05, 0.1) is 33.3 Å². The highest BCUT2D eigenvalue weighted by Gasteiger charge is 2.32. The van der Waals surface area contributed by atoms with Crippen molar-refractivity contribution in [1.29, 1.82) is 0 Å². The number of piperidine rings is 1. The first kappa shape index (κ1) is 24.1. The number of benzene rings is 2. The molecule has 0 radical (unpaired) electrons.